The third-order valence-corrected chi connectivity index (χ3v) is 3.83. The third-order valence-electron chi connectivity index (χ3n) is 3.83. The second-order valence-electron chi connectivity index (χ2n) is 6.32. The van der Waals surface area contributed by atoms with E-state index >= 15 is 0 Å². The number of hydrogen-bond acceptors (Lipinski definition) is 2. The zero-order valence-corrected chi connectivity index (χ0v) is 11.6. The molecule has 1 amide bonds. The van der Waals surface area contributed by atoms with Crippen molar-refractivity contribution in [3.8, 4) is 0 Å². The van der Waals surface area contributed by atoms with E-state index in [-0.39, 0.29) is 11.3 Å². The first-order valence-electron chi connectivity index (χ1n) is 6.94. The topological polar surface area (TPSA) is 55.1 Å². The molecule has 1 aliphatic carbocycles. The van der Waals surface area contributed by atoms with Crippen molar-refractivity contribution >= 4 is 5.91 Å². The predicted octanol–water partition coefficient (Wildman–Crippen LogP) is 2.45. The zero-order valence-electron chi connectivity index (χ0n) is 11.6. The molecule has 2 unspecified atom stereocenters. The fourth-order valence-electron chi connectivity index (χ4n) is 2.88. The van der Waals surface area contributed by atoms with Gasteiger partial charge in [-0.25, -0.2) is 0 Å². The monoisotopic (exact) mass is 240 g/mol. The Morgan fingerprint density at radius 2 is 1.94 bits per heavy atom. The van der Waals surface area contributed by atoms with Crippen LogP contribution in [0, 0.1) is 11.3 Å². The van der Waals surface area contributed by atoms with E-state index in [2.05, 4.69) is 26.1 Å². The van der Waals surface area contributed by atoms with Gasteiger partial charge in [-0.2, -0.15) is 0 Å². The summed E-state index contributed by atoms with van der Waals surface area (Å²) in [7, 11) is 0. The van der Waals surface area contributed by atoms with Crippen LogP contribution in [0.4, 0.5) is 0 Å². The second-order valence-corrected chi connectivity index (χ2v) is 6.32. The molecule has 0 aromatic rings. The average molecular weight is 240 g/mol. The normalized spacial score (nSPS) is 25.6. The van der Waals surface area contributed by atoms with E-state index < -0.39 is 0 Å². The first-order valence-corrected chi connectivity index (χ1v) is 6.94. The summed E-state index contributed by atoms with van der Waals surface area (Å²) in [5, 5.41) is 3.22. The van der Waals surface area contributed by atoms with Gasteiger partial charge < -0.3 is 11.1 Å². The van der Waals surface area contributed by atoms with Gasteiger partial charge in [0.25, 0.3) is 0 Å². The van der Waals surface area contributed by atoms with E-state index in [1.165, 1.54) is 19.3 Å². The Labute approximate surface area is 106 Å². The highest BCUT2D eigenvalue weighted by Gasteiger charge is 2.34. The molecule has 3 nitrogen and oxygen atoms in total. The van der Waals surface area contributed by atoms with Gasteiger partial charge in [0.05, 0.1) is 0 Å². The Morgan fingerprint density at radius 1 is 1.29 bits per heavy atom. The molecule has 0 aliphatic heterocycles. The number of carbonyl (C=O) groups excluding carboxylic acids is 1. The standard InChI is InChI=1S/C14H28N2O/c1-14(2,3)11-7-4-5-8-12(11)16-13(17)9-6-10-15/h11-12H,4-10,15H2,1-3H3,(H,16,17). The van der Waals surface area contributed by atoms with Crippen molar-refractivity contribution in [2.45, 2.75) is 65.3 Å². The van der Waals surface area contributed by atoms with Gasteiger partial charge in [-0.05, 0) is 37.1 Å². The molecule has 1 rings (SSSR count). The van der Waals surface area contributed by atoms with Gasteiger partial charge in [0.15, 0.2) is 0 Å². The fraction of sp³-hybridized carbons (Fsp3) is 0.929. The molecule has 0 radical (unpaired) electrons. The van der Waals surface area contributed by atoms with Crippen LogP contribution in [-0.2, 0) is 4.79 Å². The predicted molar refractivity (Wildman–Crippen MR) is 71.6 cm³/mol. The Morgan fingerprint density at radius 3 is 2.53 bits per heavy atom. The molecule has 100 valence electrons. The van der Waals surface area contributed by atoms with Gasteiger partial charge in [0.1, 0.15) is 0 Å². The first kappa shape index (κ1) is 14.5. The molecule has 1 saturated carbocycles. The minimum Gasteiger partial charge on any atom is -0.353 e. The lowest BCUT2D eigenvalue weighted by Gasteiger charge is -2.40. The summed E-state index contributed by atoms with van der Waals surface area (Å²) in [4.78, 5) is 11.8. The Balaban J connectivity index is 2.51. The number of nitrogens with one attached hydrogen (secondary N) is 1. The van der Waals surface area contributed by atoms with Crippen LogP contribution >= 0.6 is 0 Å². The highest BCUT2D eigenvalue weighted by Crippen LogP contribution is 2.37. The molecule has 0 heterocycles. The van der Waals surface area contributed by atoms with Gasteiger partial charge in [0, 0.05) is 12.5 Å². The van der Waals surface area contributed by atoms with Crippen LogP contribution < -0.4 is 11.1 Å². The number of amides is 1. The smallest absolute Gasteiger partial charge is 0.220 e. The lowest BCUT2D eigenvalue weighted by molar-refractivity contribution is -0.122. The Bertz CT molecular complexity index is 245. The van der Waals surface area contributed by atoms with E-state index in [1.807, 2.05) is 0 Å². The highest BCUT2D eigenvalue weighted by molar-refractivity contribution is 5.76. The Kier molecular flexibility index (Phi) is 5.44. The SMILES string of the molecule is CC(C)(C)C1CCCCC1NC(=O)CCCN. The van der Waals surface area contributed by atoms with Gasteiger partial charge in [-0.1, -0.05) is 33.6 Å². The van der Waals surface area contributed by atoms with Crippen molar-refractivity contribution in [2.75, 3.05) is 6.54 Å². The summed E-state index contributed by atoms with van der Waals surface area (Å²) < 4.78 is 0. The van der Waals surface area contributed by atoms with E-state index in [4.69, 9.17) is 5.73 Å². The van der Waals surface area contributed by atoms with Crippen molar-refractivity contribution in [3.63, 3.8) is 0 Å². The van der Waals surface area contributed by atoms with Crippen LogP contribution in [0.1, 0.15) is 59.3 Å². The van der Waals surface area contributed by atoms with Crippen molar-refractivity contribution in [1.29, 1.82) is 0 Å². The zero-order chi connectivity index (χ0) is 12.9. The lowest BCUT2D eigenvalue weighted by Crippen LogP contribution is -2.46. The number of rotatable bonds is 4. The van der Waals surface area contributed by atoms with Crippen molar-refractivity contribution < 1.29 is 4.79 Å². The number of nitrogens with two attached hydrogens (primary N) is 1. The number of carbonyl (C=O) groups is 1. The van der Waals surface area contributed by atoms with Crippen LogP contribution in [-0.4, -0.2) is 18.5 Å². The van der Waals surface area contributed by atoms with E-state index in [9.17, 15) is 4.79 Å². The summed E-state index contributed by atoms with van der Waals surface area (Å²) in [6, 6.07) is 0.369. The lowest BCUT2D eigenvalue weighted by atomic mass is 9.69. The minimum absolute atomic E-state index is 0.177. The second kappa shape index (κ2) is 6.39. The van der Waals surface area contributed by atoms with E-state index in [0.29, 0.717) is 24.9 Å². The van der Waals surface area contributed by atoms with Gasteiger partial charge in [-0.3, -0.25) is 4.79 Å². The maximum Gasteiger partial charge on any atom is 0.220 e. The average Bonchev–Trinajstić information content (AvgIpc) is 2.25. The van der Waals surface area contributed by atoms with Crippen LogP contribution in [0.3, 0.4) is 0 Å². The highest BCUT2D eigenvalue weighted by atomic mass is 16.1. The van der Waals surface area contributed by atoms with Gasteiger partial charge in [0.2, 0.25) is 5.91 Å². The molecule has 1 fully saturated rings. The van der Waals surface area contributed by atoms with Crippen molar-refractivity contribution in [3.05, 3.63) is 0 Å². The molecule has 2 atom stereocenters. The van der Waals surface area contributed by atoms with Crippen LogP contribution in [0.25, 0.3) is 0 Å². The van der Waals surface area contributed by atoms with E-state index in [1.54, 1.807) is 0 Å². The largest absolute Gasteiger partial charge is 0.353 e. The molecule has 1 aliphatic rings. The van der Waals surface area contributed by atoms with Crippen LogP contribution in [0.2, 0.25) is 0 Å². The summed E-state index contributed by atoms with van der Waals surface area (Å²) in [5.41, 5.74) is 5.71. The molecule has 17 heavy (non-hydrogen) atoms. The van der Waals surface area contributed by atoms with Crippen molar-refractivity contribution in [2.24, 2.45) is 17.1 Å². The first-order chi connectivity index (χ1) is 7.95. The summed E-state index contributed by atoms with van der Waals surface area (Å²) in [5.74, 6) is 0.787. The molecule has 0 bridgehead atoms. The fourth-order valence-corrected chi connectivity index (χ4v) is 2.88. The maximum absolute atomic E-state index is 11.8. The number of hydrogen-bond donors (Lipinski definition) is 2. The maximum atomic E-state index is 11.8. The van der Waals surface area contributed by atoms with Crippen LogP contribution in [0.15, 0.2) is 0 Å². The van der Waals surface area contributed by atoms with Gasteiger partial charge in [-0.15, -0.1) is 0 Å². The molecular formula is C14H28N2O. The molecule has 0 aromatic heterocycles. The minimum atomic E-state index is 0.177. The van der Waals surface area contributed by atoms with E-state index in [0.717, 1.165) is 12.8 Å². The quantitative estimate of drug-likeness (QED) is 0.793. The molecular weight excluding hydrogens is 212 g/mol. The summed E-state index contributed by atoms with van der Waals surface area (Å²) in [6.45, 7) is 7.44. The summed E-state index contributed by atoms with van der Waals surface area (Å²) in [6.07, 6.45) is 6.29. The van der Waals surface area contributed by atoms with Crippen LogP contribution in [0.5, 0.6) is 0 Å². The van der Waals surface area contributed by atoms with Gasteiger partial charge >= 0.3 is 0 Å². The summed E-state index contributed by atoms with van der Waals surface area (Å²) >= 11 is 0. The van der Waals surface area contributed by atoms with Crippen molar-refractivity contribution in [1.82, 2.24) is 5.32 Å². The molecule has 0 aromatic carbocycles. The molecule has 0 saturated heterocycles. The third kappa shape index (κ3) is 4.66. The molecule has 0 spiro atoms. The molecule has 3 heteroatoms. The Hall–Kier alpha value is -0.570. The molecule has 3 N–H and O–H groups in total.